The zero-order valence-electron chi connectivity index (χ0n) is 30.9. The van der Waals surface area contributed by atoms with Crippen LogP contribution in [-0.4, -0.2) is 66.1 Å². The van der Waals surface area contributed by atoms with Gasteiger partial charge in [-0.1, -0.05) is 155 Å². The Morgan fingerprint density at radius 3 is 1.20 bits per heavy atom. The quantitative estimate of drug-likeness (QED) is 0.0540. The first-order valence-electron chi connectivity index (χ1n) is 18.0. The summed E-state index contributed by atoms with van der Waals surface area (Å²) in [5, 5.41) is 0. The maximum Gasteiger partial charge on any atom is 0.302 e. The van der Waals surface area contributed by atoms with E-state index in [-0.39, 0.29) is 50.5 Å². The molecule has 0 spiro atoms. The lowest BCUT2D eigenvalue weighted by Gasteiger charge is -2.27. The van der Waals surface area contributed by atoms with E-state index >= 15 is 0 Å². The summed E-state index contributed by atoms with van der Waals surface area (Å²) < 4.78 is 10.9. The number of Topliss-reactive ketones (excluding diaryl/α,β-unsaturated/α-hetero) is 1. The molecule has 0 aromatic carbocycles. The highest BCUT2D eigenvalue weighted by Gasteiger charge is 2.24. The van der Waals surface area contributed by atoms with E-state index in [4.69, 9.17) is 14.6 Å². The number of hydrogen-bond acceptors (Lipinski definition) is 6. The molecule has 0 amide bonds. The normalized spacial score (nSPS) is 10.0. The molecule has 0 aliphatic carbocycles. The van der Waals surface area contributed by atoms with Crippen molar-refractivity contribution in [3.05, 3.63) is 0 Å². The Balaban J connectivity index is -0.0000000772. The highest BCUT2D eigenvalue weighted by Crippen LogP contribution is 2.13. The van der Waals surface area contributed by atoms with Crippen LogP contribution in [0.25, 0.3) is 0 Å². The molecule has 8 heteroatoms. The molecule has 0 heterocycles. The van der Waals surface area contributed by atoms with Crippen LogP contribution in [0.2, 0.25) is 39.3 Å². The fourth-order valence-electron chi connectivity index (χ4n) is 4.78. The van der Waals surface area contributed by atoms with Crippen molar-refractivity contribution in [1.29, 1.82) is 0 Å². The van der Waals surface area contributed by atoms with Gasteiger partial charge in [-0.05, 0) is 65.2 Å². The van der Waals surface area contributed by atoms with Gasteiger partial charge in [0.25, 0.3) is 0 Å². The first kappa shape index (κ1) is 70.1. The van der Waals surface area contributed by atoms with Crippen molar-refractivity contribution in [3.63, 3.8) is 0 Å². The first-order valence-corrected chi connectivity index (χ1v) is 24.8. The minimum Gasteiger partial charge on any atom is -0.465 e. The van der Waals surface area contributed by atoms with Gasteiger partial charge in [0.05, 0.1) is 0 Å². The lowest BCUT2D eigenvalue weighted by molar-refractivity contribution is -0.141. The number of nitrogens with two attached hydrogens (primary N) is 1. The molecule has 0 atom stereocenters. The molecule has 0 bridgehead atoms. The van der Waals surface area contributed by atoms with Gasteiger partial charge in [0.2, 0.25) is 0 Å². The van der Waals surface area contributed by atoms with Gasteiger partial charge in [-0.25, -0.2) is 0 Å². The van der Waals surface area contributed by atoms with Crippen molar-refractivity contribution in [2.75, 3.05) is 32.8 Å². The van der Waals surface area contributed by atoms with Gasteiger partial charge in [0.15, 0.2) is 16.6 Å². The second-order valence-electron chi connectivity index (χ2n) is 13.9. The number of ketones is 1. The maximum absolute atomic E-state index is 12.0. The summed E-state index contributed by atoms with van der Waals surface area (Å²) in [7, 11) is -2.46. The van der Waals surface area contributed by atoms with E-state index in [2.05, 4.69) is 65.0 Å². The van der Waals surface area contributed by atoms with E-state index in [0.717, 1.165) is 25.9 Å². The molecule has 0 fully saturated rings. The average molecular weight is 743 g/mol. The number of carbonyl (C=O) groups is 2. The summed E-state index contributed by atoms with van der Waals surface area (Å²) in [6, 6.07) is 0. The molecular weight excluding hydrogens is 641 g/mol. The Labute approximate surface area is 316 Å². The number of nitrogens with zero attached hydrogens (tertiary/aromatic N) is 1. The number of esters is 1. The van der Waals surface area contributed by atoms with Crippen molar-refractivity contribution < 1.29 is 18.4 Å². The van der Waals surface area contributed by atoms with Crippen molar-refractivity contribution >= 4 is 28.4 Å². The summed E-state index contributed by atoms with van der Waals surface area (Å²) in [5.74, 6) is 0.0811. The van der Waals surface area contributed by atoms with Gasteiger partial charge in [-0.3, -0.25) is 14.5 Å². The minimum atomic E-state index is -1.23. The number of unbranched alkanes of at least 4 members (excludes halogenated alkanes) is 13. The van der Waals surface area contributed by atoms with Crippen LogP contribution in [0.1, 0.15) is 188 Å². The van der Waals surface area contributed by atoms with E-state index in [1.165, 1.54) is 96.8 Å². The van der Waals surface area contributed by atoms with Crippen LogP contribution < -0.4 is 5.73 Å². The monoisotopic (exact) mass is 743 g/mol. The molecule has 49 heavy (non-hydrogen) atoms. The summed E-state index contributed by atoms with van der Waals surface area (Å²) in [6.45, 7) is 24.9. The highest BCUT2D eigenvalue weighted by atomic mass is 28.4. The number of carbonyl (C=O) groups excluding carboxylic acids is 2. The van der Waals surface area contributed by atoms with Crippen molar-refractivity contribution in [3.8, 4) is 0 Å². The Bertz CT molecular complexity index is 589. The van der Waals surface area contributed by atoms with Crippen LogP contribution in [0.15, 0.2) is 0 Å². The van der Waals surface area contributed by atoms with Gasteiger partial charge in [0.1, 0.15) is 12.4 Å². The standard InChI is InChI=1S/C19H38N2O3.C10H22.C6H18OSi2.6CH4/c1-3-4-5-6-7-8-9-11-19(23)12-15-21(14-10-13-20)16-17-24-18(2)22;1-3-5-7-9-10-8-6-4-2;1-8(2,3)7-9(4,5)6;;;;;;/h3-17,20H2,1-2H3;3-10H2,1-2H3;1-6H3;6*1H4. The van der Waals surface area contributed by atoms with Gasteiger partial charge in [-0.15, -0.1) is 0 Å². The Hall–Kier alpha value is -0.546. The number of rotatable bonds is 26. The van der Waals surface area contributed by atoms with Gasteiger partial charge in [0, 0.05) is 32.9 Å². The molecule has 0 unspecified atom stereocenters. The summed E-state index contributed by atoms with van der Waals surface area (Å²) in [5.41, 5.74) is 5.56. The fourth-order valence-corrected chi connectivity index (χ4v) is 12.1. The SMILES string of the molecule is C.C.C.C.C.C.CCCCCCCCCC.CCCCCCCCCC(=O)CCN(CCCN)CCOC(C)=O.C[Si](C)(C)O[Si](C)(C)C. The molecule has 6 nitrogen and oxygen atoms in total. The largest absolute Gasteiger partial charge is 0.465 e. The van der Waals surface area contributed by atoms with Gasteiger partial charge >= 0.3 is 5.97 Å². The molecule has 308 valence electrons. The van der Waals surface area contributed by atoms with E-state index in [0.29, 0.717) is 38.3 Å². The van der Waals surface area contributed by atoms with Crippen LogP contribution in [0.3, 0.4) is 0 Å². The lowest BCUT2D eigenvalue weighted by Crippen LogP contribution is -2.39. The molecular formula is C41H102N2O4Si2. The molecule has 0 saturated heterocycles. The number of ether oxygens (including phenoxy) is 1. The van der Waals surface area contributed by atoms with Crippen LogP contribution >= 0.6 is 0 Å². The molecule has 0 aromatic heterocycles. The Morgan fingerprint density at radius 2 is 0.898 bits per heavy atom. The molecule has 0 saturated carbocycles. The molecule has 0 radical (unpaired) electrons. The first-order chi connectivity index (χ1) is 20.2. The summed E-state index contributed by atoms with van der Waals surface area (Å²) in [4.78, 5) is 25.0. The second kappa shape index (κ2) is 49.6. The minimum absolute atomic E-state index is 0. The zero-order valence-corrected chi connectivity index (χ0v) is 32.9. The highest BCUT2D eigenvalue weighted by molar-refractivity contribution is 6.83. The number of hydrogen-bond donors (Lipinski definition) is 1. The third-order valence-electron chi connectivity index (χ3n) is 6.73. The van der Waals surface area contributed by atoms with Crippen LogP contribution in [-0.2, 0) is 18.4 Å². The fraction of sp³-hybridized carbons (Fsp3) is 0.951. The molecule has 2 N–H and O–H groups in total. The predicted octanol–water partition coefficient (Wildman–Crippen LogP) is 13.9. The van der Waals surface area contributed by atoms with Crippen LogP contribution in [0.5, 0.6) is 0 Å². The van der Waals surface area contributed by atoms with Crippen molar-refractivity contribution in [2.24, 2.45) is 5.73 Å². The smallest absolute Gasteiger partial charge is 0.302 e. The lowest BCUT2D eigenvalue weighted by atomic mass is 10.1. The Kier molecular flexibility index (Phi) is 70.9. The summed E-state index contributed by atoms with van der Waals surface area (Å²) >= 11 is 0. The molecule has 0 aromatic rings. The van der Waals surface area contributed by atoms with Gasteiger partial charge in [-0.2, -0.15) is 0 Å². The molecule has 0 rings (SSSR count). The van der Waals surface area contributed by atoms with Crippen molar-refractivity contribution in [1.82, 2.24) is 4.90 Å². The van der Waals surface area contributed by atoms with E-state index < -0.39 is 16.6 Å². The van der Waals surface area contributed by atoms with E-state index in [1.807, 2.05) is 0 Å². The van der Waals surface area contributed by atoms with Crippen molar-refractivity contribution in [2.45, 2.75) is 227 Å². The summed E-state index contributed by atoms with van der Waals surface area (Å²) in [6.07, 6.45) is 22.3. The maximum atomic E-state index is 12.0. The van der Waals surface area contributed by atoms with E-state index in [9.17, 15) is 9.59 Å². The topological polar surface area (TPSA) is 81.9 Å². The third kappa shape index (κ3) is 73.8. The second-order valence-corrected chi connectivity index (χ2v) is 23.2. The zero-order chi connectivity index (χ0) is 33.4. The molecule has 0 aliphatic rings. The van der Waals surface area contributed by atoms with Crippen LogP contribution in [0, 0.1) is 0 Å². The van der Waals surface area contributed by atoms with E-state index in [1.54, 1.807) is 0 Å². The van der Waals surface area contributed by atoms with Crippen LogP contribution in [0.4, 0.5) is 0 Å². The van der Waals surface area contributed by atoms with Gasteiger partial charge < -0.3 is 14.6 Å². The third-order valence-corrected chi connectivity index (χ3v) is 11.6. The Morgan fingerprint density at radius 1 is 0.531 bits per heavy atom. The predicted molar refractivity (Wildman–Crippen MR) is 235 cm³/mol. The average Bonchev–Trinajstić information content (AvgIpc) is 2.90. The molecule has 0 aliphatic heterocycles.